The fraction of sp³-hybridized carbons (Fsp3) is 0.875. The van der Waals surface area contributed by atoms with Crippen molar-refractivity contribution in [2.75, 3.05) is 13.1 Å². The summed E-state index contributed by atoms with van der Waals surface area (Å²) in [6.45, 7) is 3.41. The van der Waals surface area contributed by atoms with Crippen LogP contribution in [-0.4, -0.2) is 41.1 Å². The van der Waals surface area contributed by atoms with Crippen molar-refractivity contribution in [1.29, 1.82) is 0 Å². The molecule has 0 aromatic heterocycles. The van der Waals surface area contributed by atoms with Crippen LogP contribution in [0, 0.1) is 5.41 Å². The predicted molar refractivity (Wildman–Crippen MR) is 81.2 cm³/mol. The van der Waals surface area contributed by atoms with Gasteiger partial charge in [-0.3, -0.25) is 4.79 Å². The van der Waals surface area contributed by atoms with Crippen LogP contribution in [0.15, 0.2) is 0 Å². The molecule has 0 spiro atoms. The highest BCUT2D eigenvalue weighted by Crippen LogP contribution is 2.38. The van der Waals surface area contributed by atoms with Crippen molar-refractivity contribution < 1.29 is 14.7 Å². The standard InChI is InChI=1S/C16H28N2O3/c1-13-7-3-6-10-18(13)15(21)17-12-16(11-14(19)20)8-4-2-5-9-16/h13H,2-12H2,1H3,(H,17,21)(H,19,20). The highest BCUT2D eigenvalue weighted by Gasteiger charge is 2.35. The first-order valence-electron chi connectivity index (χ1n) is 8.29. The second kappa shape index (κ2) is 7.14. The first-order valence-corrected chi connectivity index (χ1v) is 8.29. The largest absolute Gasteiger partial charge is 0.481 e. The van der Waals surface area contributed by atoms with Gasteiger partial charge in [-0.2, -0.15) is 0 Å². The first-order chi connectivity index (χ1) is 10.0. The molecule has 1 saturated carbocycles. The lowest BCUT2D eigenvalue weighted by Crippen LogP contribution is -2.50. The van der Waals surface area contributed by atoms with E-state index in [4.69, 9.17) is 5.11 Å². The molecule has 0 bridgehead atoms. The molecular formula is C16H28N2O3. The van der Waals surface area contributed by atoms with Gasteiger partial charge in [-0.25, -0.2) is 4.79 Å². The van der Waals surface area contributed by atoms with Gasteiger partial charge in [0.05, 0.1) is 6.42 Å². The number of nitrogens with zero attached hydrogens (tertiary/aromatic N) is 1. The van der Waals surface area contributed by atoms with Crippen molar-refractivity contribution in [1.82, 2.24) is 10.2 Å². The molecule has 5 nitrogen and oxygen atoms in total. The normalized spacial score (nSPS) is 25.4. The summed E-state index contributed by atoms with van der Waals surface area (Å²) >= 11 is 0. The molecule has 2 rings (SSSR count). The molecule has 2 aliphatic rings. The molecule has 0 aromatic carbocycles. The van der Waals surface area contributed by atoms with E-state index in [0.717, 1.165) is 45.1 Å². The Morgan fingerprint density at radius 1 is 1.19 bits per heavy atom. The SMILES string of the molecule is CC1CCCCN1C(=O)NCC1(CC(=O)O)CCCCC1. The topological polar surface area (TPSA) is 69.6 Å². The Morgan fingerprint density at radius 3 is 2.52 bits per heavy atom. The van der Waals surface area contributed by atoms with Crippen LogP contribution in [0.3, 0.4) is 0 Å². The van der Waals surface area contributed by atoms with E-state index in [-0.39, 0.29) is 17.9 Å². The lowest BCUT2D eigenvalue weighted by Gasteiger charge is -2.38. The zero-order valence-electron chi connectivity index (χ0n) is 13.1. The molecule has 2 fully saturated rings. The number of piperidine rings is 1. The van der Waals surface area contributed by atoms with Crippen molar-refractivity contribution in [2.45, 2.75) is 70.8 Å². The lowest BCUT2D eigenvalue weighted by molar-refractivity contribution is -0.140. The van der Waals surface area contributed by atoms with Crippen LogP contribution in [0.5, 0.6) is 0 Å². The molecule has 120 valence electrons. The fourth-order valence-electron chi connectivity index (χ4n) is 3.80. The Labute approximate surface area is 127 Å². The van der Waals surface area contributed by atoms with Gasteiger partial charge >= 0.3 is 12.0 Å². The van der Waals surface area contributed by atoms with Gasteiger partial charge in [-0.1, -0.05) is 19.3 Å². The van der Waals surface area contributed by atoms with Gasteiger partial charge in [-0.05, 0) is 44.4 Å². The average molecular weight is 296 g/mol. The number of likely N-dealkylation sites (tertiary alicyclic amines) is 1. The number of amides is 2. The van der Waals surface area contributed by atoms with E-state index in [1.54, 1.807) is 0 Å². The number of hydrogen-bond donors (Lipinski definition) is 2. The molecule has 0 radical (unpaired) electrons. The van der Waals surface area contributed by atoms with Crippen molar-refractivity contribution >= 4 is 12.0 Å². The minimum absolute atomic E-state index is 0.0162. The molecule has 21 heavy (non-hydrogen) atoms. The monoisotopic (exact) mass is 296 g/mol. The van der Waals surface area contributed by atoms with E-state index in [0.29, 0.717) is 12.6 Å². The van der Waals surface area contributed by atoms with Crippen LogP contribution in [0.2, 0.25) is 0 Å². The van der Waals surface area contributed by atoms with Gasteiger partial charge < -0.3 is 15.3 Å². The number of urea groups is 1. The summed E-state index contributed by atoms with van der Waals surface area (Å²) in [5, 5.41) is 12.2. The summed E-state index contributed by atoms with van der Waals surface area (Å²) in [5.74, 6) is -0.752. The van der Waals surface area contributed by atoms with Gasteiger partial charge in [0.2, 0.25) is 0 Å². The van der Waals surface area contributed by atoms with Gasteiger partial charge in [0.25, 0.3) is 0 Å². The van der Waals surface area contributed by atoms with E-state index in [1.807, 2.05) is 4.90 Å². The number of aliphatic carboxylic acids is 1. The molecule has 1 atom stereocenters. The summed E-state index contributed by atoms with van der Waals surface area (Å²) in [4.78, 5) is 25.4. The predicted octanol–water partition coefficient (Wildman–Crippen LogP) is 3.00. The summed E-state index contributed by atoms with van der Waals surface area (Å²) in [7, 11) is 0. The second-order valence-corrected chi connectivity index (χ2v) is 6.83. The maximum atomic E-state index is 12.3. The van der Waals surface area contributed by atoms with Crippen LogP contribution >= 0.6 is 0 Å². The van der Waals surface area contributed by atoms with Crippen molar-refractivity contribution in [3.63, 3.8) is 0 Å². The molecule has 0 aromatic rings. The van der Waals surface area contributed by atoms with E-state index < -0.39 is 5.97 Å². The third-order valence-electron chi connectivity index (χ3n) is 5.12. The van der Waals surface area contributed by atoms with Gasteiger partial charge in [0, 0.05) is 19.1 Å². The summed E-state index contributed by atoms with van der Waals surface area (Å²) < 4.78 is 0. The number of hydrogen-bond acceptors (Lipinski definition) is 2. The van der Waals surface area contributed by atoms with E-state index >= 15 is 0 Å². The number of carboxylic acid groups (broad SMARTS) is 1. The van der Waals surface area contributed by atoms with E-state index in [2.05, 4.69) is 12.2 Å². The zero-order chi connectivity index (χ0) is 15.3. The second-order valence-electron chi connectivity index (χ2n) is 6.83. The minimum Gasteiger partial charge on any atom is -0.481 e. The molecule has 1 unspecified atom stereocenters. The number of rotatable bonds is 4. The number of carbonyl (C=O) groups is 2. The number of nitrogens with one attached hydrogen (secondary N) is 1. The zero-order valence-corrected chi connectivity index (χ0v) is 13.1. The fourth-order valence-corrected chi connectivity index (χ4v) is 3.80. The van der Waals surface area contributed by atoms with Gasteiger partial charge in [0.1, 0.15) is 0 Å². The van der Waals surface area contributed by atoms with Crippen LogP contribution in [0.4, 0.5) is 4.79 Å². The molecule has 1 saturated heterocycles. The number of carbonyl (C=O) groups excluding carboxylic acids is 1. The van der Waals surface area contributed by atoms with E-state index in [1.165, 1.54) is 12.8 Å². The summed E-state index contributed by atoms with van der Waals surface area (Å²) in [5.41, 5.74) is -0.237. The molecule has 2 N–H and O–H groups in total. The summed E-state index contributed by atoms with van der Waals surface area (Å²) in [6, 6.07) is 0.276. The molecule has 1 aliphatic carbocycles. The van der Waals surface area contributed by atoms with Gasteiger partial charge in [0.15, 0.2) is 0 Å². The number of carboxylic acids is 1. The Balaban J connectivity index is 1.91. The quantitative estimate of drug-likeness (QED) is 0.838. The first kappa shape index (κ1) is 16.1. The molecule has 5 heteroatoms. The van der Waals surface area contributed by atoms with E-state index in [9.17, 15) is 9.59 Å². The highest BCUT2D eigenvalue weighted by atomic mass is 16.4. The Hall–Kier alpha value is -1.26. The summed E-state index contributed by atoms with van der Waals surface area (Å²) in [6.07, 6.45) is 8.64. The van der Waals surface area contributed by atoms with Crippen LogP contribution in [0.1, 0.15) is 64.7 Å². The highest BCUT2D eigenvalue weighted by molar-refractivity contribution is 5.75. The van der Waals surface area contributed by atoms with Crippen LogP contribution in [-0.2, 0) is 4.79 Å². The van der Waals surface area contributed by atoms with Crippen molar-refractivity contribution in [3.8, 4) is 0 Å². The van der Waals surface area contributed by atoms with Crippen molar-refractivity contribution in [3.05, 3.63) is 0 Å². The lowest BCUT2D eigenvalue weighted by atomic mass is 9.72. The molecular weight excluding hydrogens is 268 g/mol. The van der Waals surface area contributed by atoms with Crippen LogP contribution in [0.25, 0.3) is 0 Å². The van der Waals surface area contributed by atoms with Crippen molar-refractivity contribution in [2.24, 2.45) is 5.41 Å². The smallest absolute Gasteiger partial charge is 0.317 e. The average Bonchev–Trinajstić information content (AvgIpc) is 2.46. The molecule has 1 heterocycles. The third-order valence-corrected chi connectivity index (χ3v) is 5.12. The third kappa shape index (κ3) is 4.35. The minimum atomic E-state index is -0.752. The Morgan fingerprint density at radius 2 is 1.90 bits per heavy atom. The van der Waals surface area contributed by atoms with Gasteiger partial charge in [-0.15, -0.1) is 0 Å². The Kier molecular flexibility index (Phi) is 5.48. The van der Waals surface area contributed by atoms with Crippen LogP contribution < -0.4 is 5.32 Å². The molecule has 1 aliphatic heterocycles. The molecule has 2 amide bonds. The maximum Gasteiger partial charge on any atom is 0.317 e. The Bertz CT molecular complexity index is 378. The maximum absolute atomic E-state index is 12.3.